The molecular weight excluding hydrogens is 244 g/mol. The molecule has 1 atom stereocenters. The van der Waals surface area contributed by atoms with Gasteiger partial charge in [0, 0.05) is 25.8 Å². The summed E-state index contributed by atoms with van der Waals surface area (Å²) in [6, 6.07) is 7.12. The number of hydrogen-bond acceptors (Lipinski definition) is 3. The first kappa shape index (κ1) is 13.5. The van der Waals surface area contributed by atoms with Gasteiger partial charge in [-0.25, -0.2) is 0 Å². The fourth-order valence-corrected chi connectivity index (χ4v) is 2.39. The van der Waals surface area contributed by atoms with Crippen molar-refractivity contribution in [1.82, 2.24) is 5.32 Å². The van der Waals surface area contributed by atoms with Crippen LogP contribution in [0.4, 0.5) is 5.69 Å². The highest BCUT2D eigenvalue weighted by Gasteiger charge is 2.37. The number of rotatable bonds is 4. The molecule has 1 heterocycles. The standard InChI is InChI=1S/C14H18N2O3/c1-3-15-14(18)12-8-10-6-4-5-7-11(10)16(12)13(17)9-19-2/h4-7,12H,3,8-9H2,1-2H3,(H,15,18)/t12-/m1/s1. The number of methoxy groups -OCH3 is 1. The van der Waals surface area contributed by atoms with E-state index in [1.54, 1.807) is 4.90 Å². The van der Waals surface area contributed by atoms with Gasteiger partial charge in [-0.2, -0.15) is 0 Å². The van der Waals surface area contributed by atoms with Crippen LogP contribution in [0.5, 0.6) is 0 Å². The molecule has 0 radical (unpaired) electrons. The van der Waals surface area contributed by atoms with Crippen LogP contribution in [0.15, 0.2) is 24.3 Å². The summed E-state index contributed by atoms with van der Waals surface area (Å²) >= 11 is 0. The van der Waals surface area contributed by atoms with E-state index in [1.807, 2.05) is 31.2 Å². The second-order valence-electron chi connectivity index (χ2n) is 4.44. The molecule has 1 aliphatic heterocycles. The average Bonchev–Trinajstić information content (AvgIpc) is 2.78. The smallest absolute Gasteiger partial charge is 0.253 e. The first-order chi connectivity index (χ1) is 9.19. The summed E-state index contributed by atoms with van der Waals surface area (Å²) in [6.45, 7) is 2.39. The van der Waals surface area contributed by atoms with Gasteiger partial charge in [-0.1, -0.05) is 18.2 Å². The van der Waals surface area contributed by atoms with Crippen LogP contribution in [0.2, 0.25) is 0 Å². The lowest BCUT2D eigenvalue weighted by Crippen LogP contribution is -2.49. The van der Waals surface area contributed by atoms with Crippen LogP contribution in [-0.4, -0.2) is 38.1 Å². The number of nitrogens with zero attached hydrogens (tertiary/aromatic N) is 1. The maximum absolute atomic E-state index is 12.1. The fourth-order valence-electron chi connectivity index (χ4n) is 2.39. The minimum atomic E-state index is -0.472. The summed E-state index contributed by atoms with van der Waals surface area (Å²) < 4.78 is 4.90. The van der Waals surface area contributed by atoms with Crippen molar-refractivity contribution in [2.45, 2.75) is 19.4 Å². The number of anilines is 1. The largest absolute Gasteiger partial charge is 0.375 e. The molecule has 0 saturated heterocycles. The molecule has 1 aromatic carbocycles. The molecule has 1 N–H and O–H groups in total. The summed E-state index contributed by atoms with van der Waals surface area (Å²) in [7, 11) is 1.47. The number of carbonyl (C=O) groups excluding carboxylic acids is 2. The summed E-state index contributed by atoms with van der Waals surface area (Å²) in [5, 5.41) is 2.78. The average molecular weight is 262 g/mol. The lowest BCUT2D eigenvalue weighted by atomic mass is 10.1. The van der Waals surface area contributed by atoms with Crippen LogP contribution < -0.4 is 10.2 Å². The number of benzene rings is 1. The van der Waals surface area contributed by atoms with Gasteiger partial charge >= 0.3 is 0 Å². The molecular formula is C14H18N2O3. The number of ether oxygens (including phenoxy) is 1. The topological polar surface area (TPSA) is 58.6 Å². The second-order valence-corrected chi connectivity index (χ2v) is 4.44. The van der Waals surface area contributed by atoms with Crippen molar-refractivity contribution in [3.63, 3.8) is 0 Å². The van der Waals surface area contributed by atoms with Crippen molar-refractivity contribution in [2.75, 3.05) is 25.2 Å². The number of nitrogens with one attached hydrogen (secondary N) is 1. The Hall–Kier alpha value is -1.88. The normalized spacial score (nSPS) is 17.2. The van der Waals surface area contributed by atoms with Crippen molar-refractivity contribution in [3.8, 4) is 0 Å². The second kappa shape index (κ2) is 5.84. The molecule has 19 heavy (non-hydrogen) atoms. The van der Waals surface area contributed by atoms with Gasteiger partial charge in [0.1, 0.15) is 12.6 Å². The van der Waals surface area contributed by atoms with Crippen LogP contribution >= 0.6 is 0 Å². The Kier molecular flexibility index (Phi) is 4.16. The third-order valence-electron chi connectivity index (χ3n) is 3.17. The van der Waals surface area contributed by atoms with Gasteiger partial charge in [0.25, 0.3) is 5.91 Å². The van der Waals surface area contributed by atoms with Gasteiger partial charge in [0.15, 0.2) is 0 Å². The Bertz CT molecular complexity index is 487. The molecule has 1 aromatic rings. The molecule has 2 rings (SSSR count). The van der Waals surface area contributed by atoms with Crippen molar-refractivity contribution >= 4 is 17.5 Å². The molecule has 102 valence electrons. The summed E-state index contributed by atoms with van der Waals surface area (Å²) in [5.41, 5.74) is 1.82. The number of amides is 2. The zero-order valence-electron chi connectivity index (χ0n) is 11.2. The lowest BCUT2D eigenvalue weighted by Gasteiger charge is -2.24. The SMILES string of the molecule is CCNC(=O)[C@H]1Cc2ccccc2N1C(=O)COC. The fraction of sp³-hybridized carbons (Fsp3) is 0.429. The summed E-state index contributed by atoms with van der Waals surface area (Å²) in [5.74, 6) is -0.313. The van der Waals surface area contributed by atoms with Crippen LogP contribution in [0.25, 0.3) is 0 Å². The predicted octanol–water partition coefficient (Wildman–Crippen LogP) is 0.727. The van der Waals surface area contributed by atoms with Gasteiger partial charge in [0.05, 0.1) is 0 Å². The maximum Gasteiger partial charge on any atom is 0.253 e. The molecule has 2 amide bonds. The highest BCUT2D eigenvalue weighted by atomic mass is 16.5. The first-order valence-corrected chi connectivity index (χ1v) is 6.35. The zero-order chi connectivity index (χ0) is 13.8. The molecule has 0 bridgehead atoms. The molecule has 0 unspecified atom stereocenters. The van der Waals surface area contributed by atoms with E-state index in [4.69, 9.17) is 4.74 Å². The van der Waals surface area contributed by atoms with E-state index in [2.05, 4.69) is 5.32 Å². The van der Waals surface area contributed by atoms with Crippen molar-refractivity contribution in [2.24, 2.45) is 0 Å². The van der Waals surface area contributed by atoms with Crippen LogP contribution in [0.3, 0.4) is 0 Å². The Morgan fingerprint density at radius 1 is 1.42 bits per heavy atom. The molecule has 1 aliphatic rings. The number of fused-ring (bicyclic) bond motifs is 1. The lowest BCUT2D eigenvalue weighted by molar-refractivity contribution is -0.127. The van der Waals surface area contributed by atoms with Gasteiger partial charge in [-0.3, -0.25) is 14.5 Å². The van der Waals surface area contributed by atoms with E-state index in [0.717, 1.165) is 11.3 Å². The maximum atomic E-state index is 12.1. The molecule has 0 fully saturated rings. The Labute approximate surface area is 112 Å². The number of likely N-dealkylation sites (N-methyl/N-ethyl adjacent to an activating group) is 1. The minimum absolute atomic E-state index is 0.0236. The summed E-state index contributed by atoms with van der Waals surface area (Å²) in [4.78, 5) is 25.8. The van der Waals surface area contributed by atoms with E-state index in [9.17, 15) is 9.59 Å². The van der Waals surface area contributed by atoms with Crippen molar-refractivity contribution < 1.29 is 14.3 Å². The highest BCUT2D eigenvalue weighted by molar-refractivity contribution is 6.04. The number of hydrogen-bond donors (Lipinski definition) is 1. The molecule has 0 aliphatic carbocycles. The van der Waals surface area contributed by atoms with Crippen molar-refractivity contribution in [1.29, 1.82) is 0 Å². The van der Waals surface area contributed by atoms with Gasteiger partial charge in [-0.15, -0.1) is 0 Å². The van der Waals surface area contributed by atoms with Crippen LogP contribution in [0, 0.1) is 0 Å². The van der Waals surface area contributed by atoms with Crippen LogP contribution in [-0.2, 0) is 20.7 Å². The van der Waals surface area contributed by atoms with Gasteiger partial charge < -0.3 is 10.1 Å². The Balaban J connectivity index is 2.30. The van der Waals surface area contributed by atoms with E-state index in [1.165, 1.54) is 7.11 Å². The molecule has 5 heteroatoms. The van der Waals surface area contributed by atoms with E-state index < -0.39 is 6.04 Å². The third kappa shape index (κ3) is 2.61. The Morgan fingerprint density at radius 3 is 2.84 bits per heavy atom. The molecule has 5 nitrogen and oxygen atoms in total. The molecule has 0 aromatic heterocycles. The van der Waals surface area contributed by atoms with Crippen LogP contribution in [0.1, 0.15) is 12.5 Å². The summed E-state index contributed by atoms with van der Waals surface area (Å²) in [6.07, 6.45) is 0.553. The first-order valence-electron chi connectivity index (χ1n) is 6.35. The van der Waals surface area contributed by atoms with E-state index in [-0.39, 0.29) is 18.4 Å². The Morgan fingerprint density at radius 2 is 2.16 bits per heavy atom. The molecule has 0 saturated carbocycles. The number of para-hydroxylation sites is 1. The van der Waals surface area contributed by atoms with Gasteiger partial charge in [0.2, 0.25) is 5.91 Å². The van der Waals surface area contributed by atoms with Crippen molar-refractivity contribution in [3.05, 3.63) is 29.8 Å². The number of carbonyl (C=O) groups is 2. The monoisotopic (exact) mass is 262 g/mol. The van der Waals surface area contributed by atoms with E-state index in [0.29, 0.717) is 13.0 Å². The predicted molar refractivity (Wildman–Crippen MR) is 72.0 cm³/mol. The highest BCUT2D eigenvalue weighted by Crippen LogP contribution is 2.32. The quantitative estimate of drug-likeness (QED) is 0.870. The third-order valence-corrected chi connectivity index (χ3v) is 3.17. The van der Waals surface area contributed by atoms with E-state index >= 15 is 0 Å². The minimum Gasteiger partial charge on any atom is -0.375 e. The van der Waals surface area contributed by atoms with Gasteiger partial charge in [-0.05, 0) is 18.6 Å². The molecule has 0 spiro atoms. The zero-order valence-corrected chi connectivity index (χ0v) is 11.2.